The number of carbonyl (C=O) groups is 3. The molecule has 9 nitrogen and oxygen atoms in total. The van der Waals surface area contributed by atoms with Crippen molar-refractivity contribution in [1.29, 1.82) is 0 Å². The molecular weight excluding hydrogens is 325 g/mol. The lowest BCUT2D eigenvalue weighted by atomic mass is 10.1. The second kappa shape index (κ2) is 11.0. The first kappa shape index (κ1) is 21.4. The zero-order valence-electron chi connectivity index (χ0n) is 13.3. The fourth-order valence-electron chi connectivity index (χ4n) is 1.89. The van der Waals surface area contributed by atoms with Crippen LogP contribution in [-0.2, 0) is 18.9 Å². The number of hydrogen-bond acceptors (Lipinski definition) is 5. The predicted molar refractivity (Wildman–Crippen MR) is 83.7 cm³/mol. The minimum atomic E-state index is -2.90. The third-order valence-corrected chi connectivity index (χ3v) is 3.94. The lowest BCUT2D eigenvalue weighted by Gasteiger charge is -2.20. The number of nitrogens with two attached hydrogens (primary N) is 1. The van der Waals surface area contributed by atoms with Crippen molar-refractivity contribution in [3.05, 3.63) is 0 Å². The first-order valence-corrected chi connectivity index (χ1v) is 8.74. The van der Waals surface area contributed by atoms with Gasteiger partial charge in [-0.05, 0) is 17.4 Å². The van der Waals surface area contributed by atoms with Gasteiger partial charge in [0.2, 0.25) is 11.8 Å². The van der Waals surface area contributed by atoms with E-state index in [0.29, 0.717) is 25.7 Å². The minimum absolute atomic E-state index is 0.304. The van der Waals surface area contributed by atoms with Crippen LogP contribution >= 0.6 is 8.03 Å². The summed E-state index contributed by atoms with van der Waals surface area (Å²) in [7, 11) is -2.90. The van der Waals surface area contributed by atoms with Gasteiger partial charge in [-0.3, -0.25) is 14.4 Å². The van der Waals surface area contributed by atoms with E-state index in [4.69, 9.17) is 15.7 Å². The molecule has 0 rings (SSSR count). The Morgan fingerprint density at radius 3 is 2.09 bits per heavy atom. The monoisotopic (exact) mass is 350 g/mol. The fraction of sp³-hybridized carbons (Fsp3) is 0.769. The van der Waals surface area contributed by atoms with Crippen molar-refractivity contribution in [2.75, 3.05) is 0 Å². The third-order valence-electron chi connectivity index (χ3n) is 3.09. The van der Waals surface area contributed by atoms with E-state index < -0.39 is 50.1 Å². The Kier molecular flexibility index (Phi) is 10.3. The van der Waals surface area contributed by atoms with E-state index in [0.717, 1.165) is 0 Å². The van der Waals surface area contributed by atoms with Crippen LogP contribution in [0.2, 0.25) is 0 Å². The lowest BCUT2D eigenvalue weighted by molar-refractivity contribution is -0.137. The van der Waals surface area contributed by atoms with Crippen molar-refractivity contribution >= 4 is 25.8 Å². The Hall–Kier alpha value is -1.57. The Labute approximate surface area is 135 Å². The Morgan fingerprint density at radius 1 is 1.09 bits per heavy atom. The van der Waals surface area contributed by atoms with Gasteiger partial charge in [0.05, 0.1) is 6.04 Å². The van der Waals surface area contributed by atoms with E-state index in [1.54, 1.807) is 6.92 Å². The van der Waals surface area contributed by atoms with Crippen LogP contribution in [0.15, 0.2) is 0 Å². The summed E-state index contributed by atoms with van der Waals surface area (Å²) in [4.78, 5) is 43.8. The summed E-state index contributed by atoms with van der Waals surface area (Å²) in [6.07, 6.45) is 1.38. The Balaban J connectivity index is 4.86. The molecule has 0 saturated carbocycles. The number of nitrogens with one attached hydrogen (secondary N) is 2. The number of aliphatic carboxylic acids is 1. The van der Waals surface area contributed by atoms with Crippen molar-refractivity contribution < 1.29 is 28.9 Å². The zero-order chi connectivity index (χ0) is 18.0. The van der Waals surface area contributed by atoms with Crippen LogP contribution in [0.25, 0.3) is 0 Å². The van der Waals surface area contributed by atoms with Crippen molar-refractivity contribution in [2.24, 2.45) is 5.73 Å². The summed E-state index contributed by atoms with van der Waals surface area (Å²) in [5.41, 5.74) is 5.68. The van der Waals surface area contributed by atoms with Gasteiger partial charge in [0.1, 0.15) is 12.5 Å². The number of amides is 2. The highest BCUT2D eigenvalue weighted by Gasteiger charge is 2.35. The first-order chi connectivity index (χ1) is 10.7. The van der Waals surface area contributed by atoms with E-state index in [-0.39, 0.29) is 0 Å². The Bertz CT molecular complexity index is 445. The molecule has 23 heavy (non-hydrogen) atoms. The molecule has 4 atom stereocenters. The van der Waals surface area contributed by atoms with Gasteiger partial charge in [0.15, 0.2) is 0 Å². The number of rotatable bonds is 11. The summed E-state index contributed by atoms with van der Waals surface area (Å²) in [6.45, 7) is 3.68. The van der Waals surface area contributed by atoms with Gasteiger partial charge >= 0.3 is 14.0 Å². The fourth-order valence-corrected chi connectivity index (χ4v) is 2.44. The van der Waals surface area contributed by atoms with Crippen LogP contribution in [0.4, 0.5) is 0 Å². The van der Waals surface area contributed by atoms with Gasteiger partial charge < -0.3 is 21.5 Å². The van der Waals surface area contributed by atoms with Crippen LogP contribution in [-0.4, -0.2) is 45.7 Å². The molecule has 0 saturated heterocycles. The summed E-state index contributed by atoms with van der Waals surface area (Å²) in [6, 6.07) is -1.67. The summed E-state index contributed by atoms with van der Waals surface area (Å²) in [5.74, 6) is -3.90. The highest BCUT2D eigenvalue weighted by Crippen LogP contribution is 2.23. The molecule has 0 aromatic rings. The van der Waals surface area contributed by atoms with Gasteiger partial charge in [-0.25, -0.2) is 0 Å². The topological polar surface area (TPSA) is 159 Å². The van der Waals surface area contributed by atoms with Crippen molar-refractivity contribution in [2.45, 2.75) is 63.8 Å². The number of carboxylic acids is 1. The number of hydrogen-bond donors (Lipinski definition) is 5. The standard InChI is InChI=1S/C13H24N3O6P/c1-3-5-8(14)12(19)15-9(6-4-2)13(20)16-10(23(21)22)7-11(17)18/h8-10H,3-7,14H2,1-2H3,(H3-,15,16,17,18,19,20,21,22)/p+1/t8-,9-,10?/m0/s1. The van der Waals surface area contributed by atoms with Crippen LogP contribution in [0.3, 0.4) is 0 Å². The molecule has 0 aliphatic rings. The number of carbonyl (C=O) groups excluding carboxylic acids is 2. The van der Waals surface area contributed by atoms with Crippen LogP contribution in [0.1, 0.15) is 46.0 Å². The van der Waals surface area contributed by atoms with Gasteiger partial charge in [-0.1, -0.05) is 26.7 Å². The molecular formula is C13H25N3O6P+. The van der Waals surface area contributed by atoms with Crippen LogP contribution in [0.5, 0.6) is 0 Å². The number of carboxylic acid groups (broad SMARTS) is 1. The van der Waals surface area contributed by atoms with Gasteiger partial charge in [-0.15, -0.1) is 0 Å². The SMILES string of the molecule is CCC[C@H](NC(=O)[C@@H](N)CCC)C(=O)NC(CC(=O)O)[P+](=O)O. The minimum Gasteiger partial charge on any atom is -0.481 e. The maximum atomic E-state index is 12.1. The quantitative estimate of drug-likeness (QED) is 0.329. The maximum Gasteiger partial charge on any atom is 0.531 e. The molecule has 2 amide bonds. The first-order valence-electron chi connectivity index (χ1n) is 7.46. The van der Waals surface area contributed by atoms with E-state index in [2.05, 4.69) is 10.6 Å². The Morgan fingerprint density at radius 2 is 1.65 bits per heavy atom. The van der Waals surface area contributed by atoms with Crippen LogP contribution < -0.4 is 16.4 Å². The van der Waals surface area contributed by atoms with E-state index in [9.17, 15) is 18.9 Å². The molecule has 0 aliphatic heterocycles. The average Bonchev–Trinajstić information content (AvgIpc) is 2.45. The maximum absolute atomic E-state index is 12.1. The van der Waals surface area contributed by atoms with Crippen molar-refractivity contribution in [3.63, 3.8) is 0 Å². The molecule has 2 unspecified atom stereocenters. The van der Waals surface area contributed by atoms with Crippen LogP contribution in [0, 0.1) is 0 Å². The van der Waals surface area contributed by atoms with E-state index in [1.807, 2.05) is 6.92 Å². The molecule has 0 aromatic heterocycles. The molecule has 0 heterocycles. The largest absolute Gasteiger partial charge is 0.531 e. The van der Waals surface area contributed by atoms with Gasteiger partial charge in [0, 0.05) is 0 Å². The van der Waals surface area contributed by atoms with E-state index >= 15 is 0 Å². The second-order valence-corrected chi connectivity index (χ2v) is 6.40. The molecule has 0 fully saturated rings. The highest BCUT2D eigenvalue weighted by atomic mass is 31.1. The highest BCUT2D eigenvalue weighted by molar-refractivity contribution is 7.38. The summed E-state index contributed by atoms with van der Waals surface area (Å²) in [5, 5.41) is 13.4. The molecule has 0 radical (unpaired) electrons. The molecule has 132 valence electrons. The van der Waals surface area contributed by atoms with Crippen molar-refractivity contribution in [1.82, 2.24) is 10.6 Å². The molecule has 0 aromatic carbocycles. The predicted octanol–water partition coefficient (Wildman–Crippen LogP) is 0.0504. The molecule has 0 spiro atoms. The molecule has 10 heteroatoms. The molecule has 6 N–H and O–H groups in total. The van der Waals surface area contributed by atoms with Crippen molar-refractivity contribution in [3.8, 4) is 0 Å². The lowest BCUT2D eigenvalue weighted by Crippen LogP contribution is -2.53. The third kappa shape index (κ3) is 8.59. The van der Waals surface area contributed by atoms with Gasteiger partial charge in [-0.2, -0.15) is 4.89 Å². The zero-order valence-corrected chi connectivity index (χ0v) is 14.2. The smallest absolute Gasteiger partial charge is 0.481 e. The normalized spacial score (nSPS) is 15.2. The van der Waals surface area contributed by atoms with Gasteiger partial charge in [0.25, 0.3) is 5.78 Å². The molecule has 0 aliphatic carbocycles. The summed E-state index contributed by atoms with van der Waals surface area (Å²) >= 11 is 0. The average molecular weight is 350 g/mol. The molecule has 0 bridgehead atoms. The summed E-state index contributed by atoms with van der Waals surface area (Å²) < 4.78 is 11.1. The van der Waals surface area contributed by atoms with E-state index in [1.165, 1.54) is 0 Å². The second-order valence-electron chi connectivity index (χ2n) is 5.17.